The van der Waals surface area contributed by atoms with Crippen molar-refractivity contribution >= 4 is 0 Å². The van der Waals surface area contributed by atoms with Gasteiger partial charge >= 0.3 is 6.36 Å². The summed E-state index contributed by atoms with van der Waals surface area (Å²) in [5, 5.41) is 0. The standard InChI is InChI=1S/C9H9F5N2O2/c1-17-7-5(8(10)11)16-3-4(2-15)6(7)18-9(12,13)14/h3,8H,2,15H2,1H3. The molecule has 0 bridgehead atoms. The van der Waals surface area contributed by atoms with Gasteiger partial charge in [0.15, 0.2) is 17.2 Å². The van der Waals surface area contributed by atoms with Crippen LogP contribution in [0.2, 0.25) is 0 Å². The molecule has 0 spiro atoms. The Labute approximate surface area is 98.5 Å². The van der Waals surface area contributed by atoms with Gasteiger partial charge in [-0.25, -0.2) is 8.78 Å². The van der Waals surface area contributed by atoms with Gasteiger partial charge in [0.2, 0.25) is 0 Å². The molecule has 0 aliphatic rings. The van der Waals surface area contributed by atoms with Crippen LogP contribution in [-0.4, -0.2) is 18.5 Å². The van der Waals surface area contributed by atoms with E-state index in [1.165, 1.54) is 0 Å². The van der Waals surface area contributed by atoms with Crippen molar-refractivity contribution < 1.29 is 31.4 Å². The van der Waals surface area contributed by atoms with Gasteiger partial charge in [-0.3, -0.25) is 4.98 Å². The van der Waals surface area contributed by atoms with E-state index in [9.17, 15) is 22.0 Å². The summed E-state index contributed by atoms with van der Waals surface area (Å²) in [7, 11) is 0.937. The van der Waals surface area contributed by atoms with Crippen LogP contribution in [-0.2, 0) is 6.54 Å². The maximum absolute atomic E-state index is 12.6. The van der Waals surface area contributed by atoms with Crippen LogP contribution in [0.5, 0.6) is 11.5 Å². The number of hydrogen-bond acceptors (Lipinski definition) is 4. The maximum Gasteiger partial charge on any atom is 0.573 e. The van der Waals surface area contributed by atoms with Crippen LogP contribution in [0.1, 0.15) is 17.7 Å². The number of rotatable bonds is 4. The Bertz CT molecular complexity index is 422. The molecule has 0 saturated carbocycles. The van der Waals surface area contributed by atoms with E-state index >= 15 is 0 Å². The monoisotopic (exact) mass is 272 g/mol. The second kappa shape index (κ2) is 5.34. The molecule has 2 N–H and O–H groups in total. The Balaban J connectivity index is 3.37. The van der Waals surface area contributed by atoms with Crippen molar-refractivity contribution in [1.82, 2.24) is 4.98 Å². The highest BCUT2D eigenvalue weighted by Gasteiger charge is 2.35. The highest BCUT2D eigenvalue weighted by molar-refractivity contribution is 5.49. The summed E-state index contributed by atoms with van der Waals surface area (Å²) in [5.74, 6) is -1.66. The lowest BCUT2D eigenvalue weighted by Gasteiger charge is -2.17. The molecule has 0 saturated heterocycles. The first-order chi connectivity index (χ1) is 8.30. The fourth-order valence-electron chi connectivity index (χ4n) is 1.25. The Morgan fingerprint density at radius 2 is 1.94 bits per heavy atom. The van der Waals surface area contributed by atoms with Gasteiger partial charge < -0.3 is 15.2 Å². The molecule has 1 aromatic heterocycles. The third-order valence-electron chi connectivity index (χ3n) is 1.94. The number of alkyl halides is 5. The van der Waals surface area contributed by atoms with Crippen molar-refractivity contribution in [1.29, 1.82) is 0 Å². The number of pyridine rings is 1. The fraction of sp³-hybridized carbons (Fsp3) is 0.444. The number of aromatic nitrogens is 1. The lowest BCUT2D eigenvalue weighted by atomic mass is 10.2. The highest BCUT2D eigenvalue weighted by Crippen LogP contribution is 2.40. The Morgan fingerprint density at radius 1 is 1.33 bits per heavy atom. The van der Waals surface area contributed by atoms with Crippen LogP contribution < -0.4 is 15.2 Å². The van der Waals surface area contributed by atoms with Crippen LogP contribution >= 0.6 is 0 Å². The van der Waals surface area contributed by atoms with E-state index in [0.29, 0.717) is 0 Å². The van der Waals surface area contributed by atoms with Crippen LogP contribution in [0, 0.1) is 0 Å². The summed E-state index contributed by atoms with van der Waals surface area (Å²) in [5.41, 5.74) is 4.07. The average molecular weight is 272 g/mol. The number of nitrogens with two attached hydrogens (primary N) is 1. The van der Waals surface area contributed by atoms with Gasteiger partial charge in [0.25, 0.3) is 6.43 Å². The first kappa shape index (κ1) is 14.4. The minimum Gasteiger partial charge on any atom is -0.491 e. The molecule has 1 heterocycles. The van der Waals surface area contributed by atoms with E-state index in [-0.39, 0.29) is 12.1 Å². The van der Waals surface area contributed by atoms with Crippen molar-refractivity contribution in [3.05, 3.63) is 17.5 Å². The predicted octanol–water partition coefficient (Wildman–Crippen LogP) is 2.39. The third-order valence-corrected chi connectivity index (χ3v) is 1.94. The van der Waals surface area contributed by atoms with Gasteiger partial charge in [-0.1, -0.05) is 0 Å². The molecule has 0 aromatic carbocycles. The van der Waals surface area contributed by atoms with Crippen LogP contribution in [0.3, 0.4) is 0 Å². The number of nitrogens with zero attached hydrogens (tertiary/aromatic N) is 1. The molecule has 0 aliphatic carbocycles. The van der Waals surface area contributed by atoms with E-state index in [1.54, 1.807) is 0 Å². The van der Waals surface area contributed by atoms with E-state index in [4.69, 9.17) is 5.73 Å². The van der Waals surface area contributed by atoms with Gasteiger partial charge in [-0.2, -0.15) is 0 Å². The molecule has 0 atom stereocenters. The quantitative estimate of drug-likeness (QED) is 0.855. The van der Waals surface area contributed by atoms with Gasteiger partial charge in [0.1, 0.15) is 0 Å². The molecule has 0 unspecified atom stereocenters. The largest absolute Gasteiger partial charge is 0.573 e. The molecule has 18 heavy (non-hydrogen) atoms. The summed E-state index contributed by atoms with van der Waals surface area (Å²) in [6.45, 7) is -0.363. The van der Waals surface area contributed by atoms with E-state index < -0.39 is 30.0 Å². The van der Waals surface area contributed by atoms with Crippen LogP contribution in [0.15, 0.2) is 6.20 Å². The molecule has 0 amide bonds. The summed E-state index contributed by atoms with van der Waals surface area (Å²) in [4.78, 5) is 3.31. The number of halogens is 5. The minimum absolute atomic E-state index is 0.187. The zero-order valence-electron chi connectivity index (χ0n) is 9.09. The number of ether oxygens (including phenoxy) is 2. The molecular formula is C9H9F5N2O2. The third kappa shape index (κ3) is 3.19. The Hall–Kier alpha value is -1.64. The average Bonchev–Trinajstić information content (AvgIpc) is 2.26. The number of methoxy groups -OCH3 is 1. The fourth-order valence-corrected chi connectivity index (χ4v) is 1.25. The Morgan fingerprint density at radius 3 is 2.33 bits per heavy atom. The summed E-state index contributed by atoms with van der Waals surface area (Å²) < 4.78 is 69.8. The van der Waals surface area contributed by atoms with E-state index in [2.05, 4.69) is 14.5 Å². The Kier molecular flexibility index (Phi) is 4.28. The topological polar surface area (TPSA) is 57.4 Å². The van der Waals surface area contributed by atoms with Gasteiger partial charge in [0.05, 0.1) is 7.11 Å². The summed E-state index contributed by atoms with van der Waals surface area (Å²) in [6.07, 6.45) is -7.34. The lowest BCUT2D eigenvalue weighted by molar-refractivity contribution is -0.275. The predicted molar refractivity (Wildman–Crippen MR) is 50.3 cm³/mol. The maximum atomic E-state index is 12.6. The van der Waals surface area contributed by atoms with Crippen molar-refractivity contribution in [3.8, 4) is 11.5 Å². The van der Waals surface area contributed by atoms with Crippen molar-refractivity contribution in [2.24, 2.45) is 5.73 Å². The molecule has 102 valence electrons. The van der Waals surface area contributed by atoms with E-state index in [0.717, 1.165) is 13.3 Å². The van der Waals surface area contributed by atoms with Crippen molar-refractivity contribution in [2.75, 3.05) is 7.11 Å². The summed E-state index contributed by atoms with van der Waals surface area (Å²) in [6, 6.07) is 0. The van der Waals surface area contributed by atoms with Gasteiger partial charge in [-0.15, -0.1) is 13.2 Å². The molecule has 0 fully saturated rings. The van der Waals surface area contributed by atoms with Crippen LogP contribution in [0.25, 0.3) is 0 Å². The normalized spacial score (nSPS) is 11.8. The zero-order valence-corrected chi connectivity index (χ0v) is 9.09. The van der Waals surface area contributed by atoms with Crippen molar-refractivity contribution in [2.45, 2.75) is 19.3 Å². The molecule has 1 rings (SSSR count). The van der Waals surface area contributed by atoms with Gasteiger partial charge in [0, 0.05) is 18.3 Å². The molecule has 0 aliphatic heterocycles. The number of hydrogen-bond donors (Lipinski definition) is 1. The molecular weight excluding hydrogens is 263 g/mol. The minimum atomic E-state index is -5.04. The van der Waals surface area contributed by atoms with E-state index in [1.807, 2.05) is 0 Å². The molecule has 0 radical (unpaired) electrons. The first-order valence-electron chi connectivity index (χ1n) is 4.59. The van der Waals surface area contributed by atoms with Gasteiger partial charge in [-0.05, 0) is 0 Å². The second-order valence-corrected chi connectivity index (χ2v) is 3.08. The van der Waals surface area contributed by atoms with Crippen molar-refractivity contribution in [3.63, 3.8) is 0 Å². The van der Waals surface area contributed by atoms with Crippen LogP contribution in [0.4, 0.5) is 22.0 Å². The lowest BCUT2D eigenvalue weighted by Crippen LogP contribution is -2.20. The molecule has 9 heteroatoms. The first-order valence-corrected chi connectivity index (χ1v) is 4.59. The zero-order chi connectivity index (χ0) is 13.9. The second-order valence-electron chi connectivity index (χ2n) is 3.08. The molecule has 1 aromatic rings. The summed E-state index contributed by atoms with van der Waals surface area (Å²) >= 11 is 0. The highest BCUT2D eigenvalue weighted by atomic mass is 19.4. The smallest absolute Gasteiger partial charge is 0.491 e. The molecule has 4 nitrogen and oxygen atoms in total. The SMILES string of the molecule is COc1c(C(F)F)ncc(CN)c1OC(F)(F)F.